The van der Waals surface area contributed by atoms with Crippen molar-refractivity contribution in [3.8, 4) is 0 Å². The van der Waals surface area contributed by atoms with Crippen LogP contribution in [0.25, 0.3) is 6.08 Å². The van der Waals surface area contributed by atoms with Gasteiger partial charge in [-0.05, 0) is 12.5 Å². The zero-order valence-electron chi connectivity index (χ0n) is 13.5. The molecule has 0 aliphatic heterocycles. The molecule has 0 saturated heterocycles. The van der Waals surface area contributed by atoms with Gasteiger partial charge in [0.15, 0.2) is 0 Å². The molecule has 1 aromatic carbocycles. The maximum Gasteiger partial charge on any atom is 0.246 e. The molecule has 1 N–H and O–H groups in total. The first-order valence-electron chi connectivity index (χ1n) is 7.31. The third-order valence-corrected chi connectivity index (χ3v) is 3.44. The molecule has 0 aliphatic carbocycles. The van der Waals surface area contributed by atoms with Crippen LogP contribution < -0.4 is 5.32 Å². The first-order valence-corrected chi connectivity index (χ1v) is 7.31. The van der Waals surface area contributed by atoms with Gasteiger partial charge in [-0.15, -0.1) is 0 Å². The van der Waals surface area contributed by atoms with Crippen LogP contribution in [-0.2, 0) is 11.3 Å². The average molecular weight is 287 g/mol. The van der Waals surface area contributed by atoms with Crippen LogP contribution >= 0.6 is 0 Å². The number of rotatable bonds is 8. The molecule has 0 saturated carbocycles. The van der Waals surface area contributed by atoms with Crippen LogP contribution in [0.2, 0.25) is 0 Å². The van der Waals surface area contributed by atoms with Gasteiger partial charge in [-0.1, -0.05) is 43.5 Å². The minimum Gasteiger partial charge on any atom is -0.352 e. The molecule has 3 heteroatoms. The number of hydrogen-bond acceptors (Lipinski definition) is 1. The molecule has 114 valence electrons. The molecule has 0 aliphatic rings. The van der Waals surface area contributed by atoms with E-state index in [0.29, 0.717) is 12.1 Å². The predicted octanol–water partition coefficient (Wildman–Crippen LogP) is 2.99. The summed E-state index contributed by atoms with van der Waals surface area (Å²) in [6, 6.07) is 8.49. The zero-order chi connectivity index (χ0) is 15.9. The Labute approximate surface area is 128 Å². The Bertz CT molecular complexity index is 500. The largest absolute Gasteiger partial charge is 0.352 e. The van der Waals surface area contributed by atoms with Gasteiger partial charge < -0.3 is 9.80 Å². The van der Waals surface area contributed by atoms with Gasteiger partial charge in [0.25, 0.3) is 0 Å². The molecule has 0 fully saturated rings. The second-order valence-electron chi connectivity index (χ2n) is 6.15. The van der Waals surface area contributed by atoms with Gasteiger partial charge >= 0.3 is 0 Å². The first kappa shape index (κ1) is 17.2. The van der Waals surface area contributed by atoms with Crippen LogP contribution in [0.1, 0.15) is 24.5 Å². The Morgan fingerprint density at radius 2 is 1.90 bits per heavy atom. The maximum absolute atomic E-state index is 11.4. The predicted molar refractivity (Wildman–Crippen MR) is 89.7 cm³/mol. The molecule has 1 rings (SSSR count). The first-order chi connectivity index (χ1) is 9.84. The summed E-state index contributed by atoms with van der Waals surface area (Å²) < 4.78 is 0.899. The number of nitrogens with one attached hydrogen (secondary N) is 1. The second-order valence-corrected chi connectivity index (χ2v) is 6.15. The van der Waals surface area contributed by atoms with Gasteiger partial charge in [0.1, 0.15) is 6.54 Å². The lowest BCUT2D eigenvalue weighted by molar-refractivity contribution is -0.903. The standard InChI is InChI=1S/C18H26N2O/c1-6-16-8-10-17(11-9-16)14-20(4,5)13-7-12-19-18(21)15(2)3/h6,8-11H,1-2,7,12-14H2,3-5H3/p+1. The smallest absolute Gasteiger partial charge is 0.246 e. The summed E-state index contributed by atoms with van der Waals surface area (Å²) >= 11 is 0. The molecular formula is C18H27N2O+. The molecule has 0 aromatic heterocycles. The molecule has 0 spiro atoms. The van der Waals surface area contributed by atoms with Crippen molar-refractivity contribution in [2.45, 2.75) is 19.9 Å². The second kappa shape index (κ2) is 7.79. The highest BCUT2D eigenvalue weighted by atomic mass is 16.1. The van der Waals surface area contributed by atoms with Crippen LogP contribution in [0, 0.1) is 0 Å². The molecule has 1 amide bonds. The lowest BCUT2D eigenvalue weighted by Crippen LogP contribution is -2.41. The van der Waals surface area contributed by atoms with Crippen LogP contribution in [0.15, 0.2) is 43.0 Å². The number of quaternary nitrogens is 1. The van der Waals surface area contributed by atoms with Crippen molar-refractivity contribution in [1.29, 1.82) is 0 Å². The molecule has 3 nitrogen and oxygen atoms in total. The van der Waals surface area contributed by atoms with E-state index in [4.69, 9.17) is 0 Å². The summed E-state index contributed by atoms with van der Waals surface area (Å²) in [4.78, 5) is 11.4. The van der Waals surface area contributed by atoms with E-state index < -0.39 is 0 Å². The van der Waals surface area contributed by atoms with Crippen molar-refractivity contribution in [2.24, 2.45) is 0 Å². The van der Waals surface area contributed by atoms with Crippen molar-refractivity contribution in [1.82, 2.24) is 5.32 Å². The number of carbonyl (C=O) groups excluding carboxylic acids is 1. The van der Waals surface area contributed by atoms with Crippen LogP contribution in [0.3, 0.4) is 0 Å². The van der Waals surface area contributed by atoms with Gasteiger partial charge in [-0.2, -0.15) is 0 Å². The van der Waals surface area contributed by atoms with Crippen molar-refractivity contribution in [2.75, 3.05) is 27.2 Å². The summed E-state index contributed by atoms with van der Waals surface area (Å²) in [5.74, 6) is -0.0553. The van der Waals surface area contributed by atoms with Gasteiger partial charge in [0.05, 0.1) is 20.6 Å². The lowest BCUT2D eigenvalue weighted by atomic mass is 10.1. The SMILES string of the molecule is C=Cc1ccc(C[N+](C)(C)CCCNC(=O)C(=C)C)cc1. The Kier molecular flexibility index (Phi) is 6.38. The van der Waals surface area contributed by atoms with Crippen LogP contribution in [0.4, 0.5) is 0 Å². The third kappa shape index (κ3) is 6.41. The summed E-state index contributed by atoms with van der Waals surface area (Å²) in [6.45, 7) is 11.8. The fourth-order valence-electron chi connectivity index (χ4n) is 2.19. The highest BCUT2D eigenvalue weighted by molar-refractivity contribution is 5.91. The lowest BCUT2D eigenvalue weighted by Gasteiger charge is -2.30. The number of nitrogens with zero attached hydrogens (tertiary/aromatic N) is 1. The number of benzene rings is 1. The normalized spacial score (nSPS) is 11.0. The third-order valence-electron chi connectivity index (χ3n) is 3.44. The van der Waals surface area contributed by atoms with Crippen molar-refractivity contribution in [3.63, 3.8) is 0 Å². The van der Waals surface area contributed by atoms with E-state index in [-0.39, 0.29) is 5.91 Å². The Hall–Kier alpha value is -1.87. The van der Waals surface area contributed by atoms with E-state index in [1.54, 1.807) is 6.92 Å². The summed E-state index contributed by atoms with van der Waals surface area (Å²) in [5, 5.41) is 2.87. The molecule has 0 atom stereocenters. The fourth-order valence-corrected chi connectivity index (χ4v) is 2.19. The molecule has 21 heavy (non-hydrogen) atoms. The summed E-state index contributed by atoms with van der Waals surface area (Å²) in [5.41, 5.74) is 3.02. The van der Waals surface area contributed by atoms with Crippen LogP contribution in [-0.4, -0.2) is 37.6 Å². The minimum absolute atomic E-state index is 0.0553. The number of carbonyl (C=O) groups is 1. The summed E-state index contributed by atoms with van der Waals surface area (Å²) in [6.07, 6.45) is 2.81. The highest BCUT2D eigenvalue weighted by Gasteiger charge is 2.15. The van der Waals surface area contributed by atoms with Gasteiger partial charge in [0.2, 0.25) is 5.91 Å². The van der Waals surface area contributed by atoms with Crippen molar-refractivity contribution >= 4 is 12.0 Å². The molecule has 1 aromatic rings. The molecule has 0 heterocycles. The van der Waals surface area contributed by atoms with Crippen molar-refractivity contribution < 1.29 is 9.28 Å². The summed E-state index contributed by atoms with van der Waals surface area (Å²) in [7, 11) is 4.42. The minimum atomic E-state index is -0.0553. The number of amides is 1. The van der Waals surface area contributed by atoms with Gasteiger partial charge in [0, 0.05) is 24.1 Å². The monoisotopic (exact) mass is 287 g/mol. The van der Waals surface area contributed by atoms with E-state index in [9.17, 15) is 4.79 Å². The molecule has 0 unspecified atom stereocenters. The molecule has 0 bridgehead atoms. The maximum atomic E-state index is 11.4. The Morgan fingerprint density at radius 3 is 2.43 bits per heavy atom. The van der Waals surface area contributed by atoms with Gasteiger partial charge in [-0.25, -0.2) is 0 Å². The molecule has 0 radical (unpaired) electrons. The fraction of sp³-hybridized carbons (Fsp3) is 0.389. The highest BCUT2D eigenvalue weighted by Crippen LogP contribution is 2.12. The Balaban J connectivity index is 2.40. The van der Waals surface area contributed by atoms with E-state index >= 15 is 0 Å². The van der Waals surface area contributed by atoms with E-state index in [1.807, 2.05) is 6.08 Å². The van der Waals surface area contributed by atoms with Crippen LogP contribution in [0.5, 0.6) is 0 Å². The van der Waals surface area contributed by atoms with Gasteiger partial charge in [-0.3, -0.25) is 4.79 Å². The quantitative estimate of drug-likeness (QED) is 0.444. The zero-order valence-corrected chi connectivity index (χ0v) is 13.5. The number of hydrogen-bond donors (Lipinski definition) is 1. The molecular weight excluding hydrogens is 260 g/mol. The Morgan fingerprint density at radius 1 is 1.29 bits per heavy atom. The van der Waals surface area contributed by atoms with E-state index in [1.165, 1.54) is 5.56 Å². The van der Waals surface area contributed by atoms with Crippen molar-refractivity contribution in [3.05, 3.63) is 54.1 Å². The van der Waals surface area contributed by atoms with E-state index in [2.05, 4.69) is 56.8 Å². The van der Waals surface area contributed by atoms with E-state index in [0.717, 1.165) is 29.6 Å². The average Bonchev–Trinajstić information content (AvgIpc) is 2.43. The topological polar surface area (TPSA) is 29.1 Å².